The van der Waals surface area contributed by atoms with E-state index in [1.54, 1.807) is 18.3 Å². The average Bonchev–Trinajstić information content (AvgIpc) is 2.41. The summed E-state index contributed by atoms with van der Waals surface area (Å²) in [5.74, 6) is 0.139. The van der Waals surface area contributed by atoms with Crippen molar-refractivity contribution in [1.82, 2.24) is 10.3 Å². The van der Waals surface area contributed by atoms with Gasteiger partial charge in [0.2, 0.25) is 5.88 Å². The van der Waals surface area contributed by atoms with Gasteiger partial charge in [0.1, 0.15) is 0 Å². The predicted octanol–water partition coefficient (Wildman–Crippen LogP) is 4.06. The molecule has 3 nitrogen and oxygen atoms in total. The Labute approximate surface area is 119 Å². The van der Waals surface area contributed by atoms with Gasteiger partial charge in [0, 0.05) is 22.3 Å². The van der Waals surface area contributed by atoms with Crippen molar-refractivity contribution in [2.24, 2.45) is 0 Å². The fourth-order valence-corrected chi connectivity index (χ4v) is 1.97. The highest BCUT2D eigenvalue weighted by Gasteiger charge is 2.13. The van der Waals surface area contributed by atoms with Crippen LogP contribution in [-0.2, 0) is 0 Å². The maximum atomic E-state index is 13.8. The van der Waals surface area contributed by atoms with Crippen LogP contribution in [0.25, 0.3) is 0 Å². The van der Waals surface area contributed by atoms with E-state index in [1.807, 2.05) is 26.1 Å². The second-order valence-corrected chi connectivity index (χ2v) is 5.00. The summed E-state index contributed by atoms with van der Waals surface area (Å²) in [4.78, 5) is 4.17. The summed E-state index contributed by atoms with van der Waals surface area (Å²) in [6, 6.07) is 8.46. The monoisotopic (exact) mass is 324 g/mol. The Hall–Kier alpha value is -1.46. The molecular weight excluding hydrogens is 311 g/mol. The van der Waals surface area contributed by atoms with Crippen LogP contribution in [0.4, 0.5) is 4.39 Å². The number of benzene rings is 1. The highest BCUT2D eigenvalue weighted by Crippen LogP contribution is 2.29. The molecule has 0 saturated carbocycles. The second-order valence-electron chi connectivity index (χ2n) is 4.08. The summed E-state index contributed by atoms with van der Waals surface area (Å²) in [6.07, 6.45) is 1.62. The smallest absolute Gasteiger partial charge is 0.224 e. The lowest BCUT2D eigenvalue weighted by atomic mass is 10.1. The molecule has 1 aromatic carbocycles. The molecule has 1 aromatic heterocycles. The molecule has 0 saturated heterocycles. The van der Waals surface area contributed by atoms with Gasteiger partial charge in [0.15, 0.2) is 11.6 Å². The predicted molar refractivity (Wildman–Crippen MR) is 75.9 cm³/mol. The van der Waals surface area contributed by atoms with E-state index in [4.69, 9.17) is 4.74 Å². The highest BCUT2D eigenvalue weighted by atomic mass is 79.9. The molecule has 1 unspecified atom stereocenters. The molecule has 2 rings (SSSR count). The molecule has 2 aromatic rings. The van der Waals surface area contributed by atoms with Crippen LogP contribution in [-0.4, -0.2) is 12.0 Å². The van der Waals surface area contributed by atoms with Gasteiger partial charge in [-0.3, -0.25) is 0 Å². The topological polar surface area (TPSA) is 34.2 Å². The van der Waals surface area contributed by atoms with Crippen molar-refractivity contribution in [3.63, 3.8) is 0 Å². The zero-order valence-corrected chi connectivity index (χ0v) is 12.2. The van der Waals surface area contributed by atoms with Gasteiger partial charge in [-0.1, -0.05) is 22.0 Å². The number of rotatable bonds is 4. The van der Waals surface area contributed by atoms with Crippen molar-refractivity contribution < 1.29 is 9.13 Å². The van der Waals surface area contributed by atoms with Crippen LogP contribution in [0.15, 0.2) is 41.0 Å². The van der Waals surface area contributed by atoms with Crippen molar-refractivity contribution >= 4 is 15.9 Å². The SMILES string of the molecule is CNC(C)c1cccnc1Oc1ccc(Br)cc1F. The van der Waals surface area contributed by atoms with Crippen molar-refractivity contribution in [3.05, 3.63) is 52.4 Å². The maximum Gasteiger partial charge on any atom is 0.224 e. The second kappa shape index (κ2) is 6.12. The lowest BCUT2D eigenvalue weighted by Crippen LogP contribution is -2.13. The first-order chi connectivity index (χ1) is 9.11. The van der Waals surface area contributed by atoms with Crippen LogP contribution in [0.1, 0.15) is 18.5 Å². The zero-order chi connectivity index (χ0) is 13.8. The van der Waals surface area contributed by atoms with Gasteiger partial charge >= 0.3 is 0 Å². The Morgan fingerprint density at radius 1 is 1.37 bits per heavy atom. The van der Waals surface area contributed by atoms with E-state index in [2.05, 4.69) is 26.2 Å². The lowest BCUT2D eigenvalue weighted by molar-refractivity contribution is 0.416. The summed E-state index contributed by atoms with van der Waals surface area (Å²) in [7, 11) is 1.85. The Balaban J connectivity index is 2.33. The Morgan fingerprint density at radius 3 is 2.84 bits per heavy atom. The van der Waals surface area contributed by atoms with E-state index in [1.165, 1.54) is 6.07 Å². The summed E-state index contributed by atoms with van der Waals surface area (Å²) in [5, 5.41) is 3.11. The molecule has 1 heterocycles. The lowest BCUT2D eigenvalue weighted by Gasteiger charge is -2.15. The van der Waals surface area contributed by atoms with E-state index in [0.29, 0.717) is 10.4 Å². The third kappa shape index (κ3) is 3.30. The fraction of sp³-hybridized carbons (Fsp3) is 0.214. The molecule has 19 heavy (non-hydrogen) atoms. The zero-order valence-electron chi connectivity index (χ0n) is 10.7. The first kappa shape index (κ1) is 14.0. The van der Waals surface area contributed by atoms with Crippen LogP contribution < -0.4 is 10.1 Å². The number of nitrogens with one attached hydrogen (secondary N) is 1. The summed E-state index contributed by atoms with van der Waals surface area (Å²) in [6.45, 7) is 1.99. The van der Waals surface area contributed by atoms with Gasteiger partial charge in [-0.05, 0) is 38.2 Å². The van der Waals surface area contributed by atoms with Gasteiger partial charge < -0.3 is 10.1 Å². The third-order valence-corrected chi connectivity index (χ3v) is 3.29. The molecule has 0 aliphatic carbocycles. The third-order valence-electron chi connectivity index (χ3n) is 2.80. The molecule has 0 bridgehead atoms. The Bertz CT molecular complexity index is 577. The number of hydrogen-bond acceptors (Lipinski definition) is 3. The van der Waals surface area contributed by atoms with E-state index in [9.17, 15) is 4.39 Å². The highest BCUT2D eigenvalue weighted by molar-refractivity contribution is 9.10. The van der Waals surface area contributed by atoms with Crippen molar-refractivity contribution in [2.75, 3.05) is 7.05 Å². The quantitative estimate of drug-likeness (QED) is 0.921. The van der Waals surface area contributed by atoms with Gasteiger partial charge in [0.05, 0.1) is 0 Å². The van der Waals surface area contributed by atoms with Crippen LogP contribution >= 0.6 is 15.9 Å². The van der Waals surface area contributed by atoms with E-state index >= 15 is 0 Å². The van der Waals surface area contributed by atoms with Crippen molar-refractivity contribution in [2.45, 2.75) is 13.0 Å². The Kier molecular flexibility index (Phi) is 4.50. The van der Waals surface area contributed by atoms with Crippen molar-refractivity contribution in [3.8, 4) is 11.6 Å². The number of halogens is 2. The van der Waals surface area contributed by atoms with Crippen molar-refractivity contribution in [1.29, 1.82) is 0 Å². The maximum absolute atomic E-state index is 13.8. The molecule has 0 spiro atoms. The van der Waals surface area contributed by atoms with E-state index < -0.39 is 5.82 Å². The van der Waals surface area contributed by atoms with Gasteiger partial charge in [-0.25, -0.2) is 9.37 Å². The first-order valence-electron chi connectivity index (χ1n) is 5.87. The van der Waals surface area contributed by atoms with Crippen LogP contribution in [0.5, 0.6) is 11.6 Å². The molecule has 1 atom stereocenters. The number of hydrogen-bond donors (Lipinski definition) is 1. The molecule has 0 aliphatic rings. The summed E-state index contributed by atoms with van der Waals surface area (Å²) < 4.78 is 20.0. The minimum atomic E-state index is -0.428. The molecule has 0 amide bonds. The van der Waals surface area contributed by atoms with E-state index in [0.717, 1.165) is 5.56 Å². The normalized spacial score (nSPS) is 12.2. The molecule has 0 radical (unpaired) electrons. The number of aromatic nitrogens is 1. The fourth-order valence-electron chi connectivity index (χ4n) is 1.64. The van der Waals surface area contributed by atoms with Gasteiger partial charge in [-0.15, -0.1) is 0 Å². The first-order valence-corrected chi connectivity index (χ1v) is 6.66. The summed E-state index contributed by atoms with van der Waals surface area (Å²) >= 11 is 3.21. The molecule has 0 fully saturated rings. The largest absolute Gasteiger partial charge is 0.436 e. The van der Waals surface area contributed by atoms with Crippen LogP contribution in [0.2, 0.25) is 0 Å². The number of nitrogens with zero attached hydrogens (tertiary/aromatic N) is 1. The summed E-state index contributed by atoms with van der Waals surface area (Å²) in [5.41, 5.74) is 0.882. The van der Waals surface area contributed by atoms with Gasteiger partial charge in [0.25, 0.3) is 0 Å². The average molecular weight is 325 g/mol. The number of ether oxygens (including phenoxy) is 1. The molecular formula is C14H14BrFN2O. The van der Waals surface area contributed by atoms with Crippen LogP contribution in [0.3, 0.4) is 0 Å². The molecule has 1 N–H and O–H groups in total. The molecule has 5 heteroatoms. The van der Waals surface area contributed by atoms with Gasteiger partial charge in [-0.2, -0.15) is 0 Å². The standard InChI is InChI=1S/C14H14BrFN2O/c1-9(17-2)11-4-3-7-18-14(11)19-13-6-5-10(15)8-12(13)16/h3-9,17H,1-2H3. The minimum absolute atomic E-state index is 0.0715. The minimum Gasteiger partial charge on any atom is -0.436 e. The number of pyridine rings is 1. The Morgan fingerprint density at radius 2 is 2.16 bits per heavy atom. The van der Waals surface area contributed by atoms with Crippen LogP contribution in [0, 0.1) is 5.82 Å². The molecule has 0 aliphatic heterocycles. The molecule has 100 valence electrons. The van der Waals surface area contributed by atoms with E-state index in [-0.39, 0.29) is 11.8 Å².